The Kier molecular flexibility index (Phi) is 3.79. The molecule has 0 fully saturated rings. The lowest BCUT2D eigenvalue weighted by atomic mass is 10.1. The van der Waals surface area contributed by atoms with Crippen LogP contribution >= 0.6 is 27.3 Å². The molecule has 1 N–H and O–H groups in total. The number of halogens is 1. The van der Waals surface area contributed by atoms with Crippen LogP contribution in [-0.2, 0) is 0 Å². The van der Waals surface area contributed by atoms with Gasteiger partial charge in [-0.25, -0.2) is 9.97 Å². The fourth-order valence-electron chi connectivity index (χ4n) is 1.68. The third-order valence-corrected chi connectivity index (χ3v) is 4.17. The van der Waals surface area contributed by atoms with Gasteiger partial charge in [0.1, 0.15) is 11.6 Å². The van der Waals surface area contributed by atoms with Gasteiger partial charge in [-0.15, -0.1) is 0 Å². The number of nitrogens with zero attached hydrogens (tertiary/aromatic N) is 2. The van der Waals surface area contributed by atoms with Gasteiger partial charge in [-0.1, -0.05) is 0 Å². The molecule has 0 aliphatic heterocycles. The Labute approximate surface area is 113 Å². The van der Waals surface area contributed by atoms with Crippen LogP contribution in [0.25, 0.3) is 11.3 Å². The van der Waals surface area contributed by atoms with E-state index in [2.05, 4.69) is 55.8 Å². The average molecular weight is 312 g/mol. The normalized spacial score (nSPS) is 10.6. The molecular formula is C12H14BrN3S. The second-order valence-electron chi connectivity index (χ2n) is 3.76. The first-order valence-electron chi connectivity index (χ1n) is 5.44. The number of nitrogens with one attached hydrogen (secondary N) is 1. The molecule has 0 radical (unpaired) electrons. The molecular weight excluding hydrogens is 298 g/mol. The Morgan fingerprint density at radius 2 is 2.06 bits per heavy atom. The summed E-state index contributed by atoms with van der Waals surface area (Å²) in [5, 5.41) is 7.45. The maximum Gasteiger partial charge on any atom is 0.133 e. The Morgan fingerprint density at radius 1 is 1.29 bits per heavy atom. The smallest absolute Gasteiger partial charge is 0.133 e. The molecule has 0 aliphatic rings. The number of anilines is 1. The molecule has 3 nitrogen and oxygen atoms in total. The standard InChI is InChI=1S/C12H14BrN3S/c1-4-14-12-7(2)11(15-8(3)16-12)9-5-17-6-10(9)13/h5-6H,4H2,1-3H3,(H,14,15,16). The summed E-state index contributed by atoms with van der Waals surface area (Å²) in [6, 6.07) is 0. The summed E-state index contributed by atoms with van der Waals surface area (Å²) >= 11 is 5.22. The summed E-state index contributed by atoms with van der Waals surface area (Å²) in [6.45, 7) is 6.90. The molecule has 0 atom stereocenters. The topological polar surface area (TPSA) is 37.8 Å². The zero-order valence-electron chi connectivity index (χ0n) is 10.0. The fourth-order valence-corrected chi connectivity index (χ4v) is 3.15. The highest BCUT2D eigenvalue weighted by atomic mass is 79.9. The van der Waals surface area contributed by atoms with Gasteiger partial charge >= 0.3 is 0 Å². The second kappa shape index (κ2) is 5.14. The molecule has 0 bridgehead atoms. The highest BCUT2D eigenvalue weighted by Gasteiger charge is 2.13. The van der Waals surface area contributed by atoms with Crippen LogP contribution in [0.5, 0.6) is 0 Å². The van der Waals surface area contributed by atoms with Crippen molar-refractivity contribution < 1.29 is 0 Å². The lowest BCUT2D eigenvalue weighted by Gasteiger charge is -2.11. The average Bonchev–Trinajstić information content (AvgIpc) is 2.70. The molecule has 0 amide bonds. The Balaban J connectivity index is 2.58. The molecule has 2 aromatic heterocycles. The van der Waals surface area contributed by atoms with Crippen molar-refractivity contribution in [1.82, 2.24) is 9.97 Å². The van der Waals surface area contributed by atoms with Gasteiger partial charge in [-0.2, -0.15) is 11.3 Å². The lowest BCUT2D eigenvalue weighted by molar-refractivity contribution is 1.02. The number of aryl methyl sites for hydroxylation is 1. The molecule has 2 aromatic rings. The molecule has 2 rings (SSSR count). The zero-order chi connectivity index (χ0) is 12.4. The van der Waals surface area contributed by atoms with E-state index in [9.17, 15) is 0 Å². The van der Waals surface area contributed by atoms with Gasteiger partial charge in [0.05, 0.1) is 5.69 Å². The van der Waals surface area contributed by atoms with Crippen LogP contribution in [0.2, 0.25) is 0 Å². The first-order valence-corrected chi connectivity index (χ1v) is 7.18. The minimum absolute atomic E-state index is 0.791. The molecule has 0 unspecified atom stereocenters. The first kappa shape index (κ1) is 12.5. The van der Waals surface area contributed by atoms with Crippen LogP contribution < -0.4 is 5.32 Å². The summed E-state index contributed by atoms with van der Waals surface area (Å²) in [7, 11) is 0. The van der Waals surface area contributed by atoms with Crippen LogP contribution in [0.1, 0.15) is 18.3 Å². The van der Waals surface area contributed by atoms with E-state index >= 15 is 0 Å². The SMILES string of the molecule is CCNc1nc(C)nc(-c2cscc2Br)c1C. The van der Waals surface area contributed by atoms with Crippen LogP contribution in [0, 0.1) is 13.8 Å². The molecule has 2 heterocycles. The van der Waals surface area contributed by atoms with Crippen molar-refractivity contribution >= 4 is 33.1 Å². The number of aromatic nitrogens is 2. The summed E-state index contributed by atoms with van der Waals surface area (Å²) in [5.74, 6) is 1.72. The predicted octanol–water partition coefficient (Wildman–Crippen LogP) is 4.02. The zero-order valence-corrected chi connectivity index (χ0v) is 12.4. The number of hydrogen-bond acceptors (Lipinski definition) is 4. The monoisotopic (exact) mass is 311 g/mol. The van der Waals surface area contributed by atoms with Crippen molar-refractivity contribution in [1.29, 1.82) is 0 Å². The maximum absolute atomic E-state index is 4.54. The van der Waals surface area contributed by atoms with Crippen molar-refractivity contribution in [2.45, 2.75) is 20.8 Å². The van der Waals surface area contributed by atoms with E-state index in [1.165, 1.54) is 0 Å². The molecule has 0 spiro atoms. The summed E-state index contributed by atoms with van der Waals surface area (Å²) in [5.41, 5.74) is 3.23. The summed E-state index contributed by atoms with van der Waals surface area (Å²) in [6.07, 6.45) is 0. The highest BCUT2D eigenvalue weighted by molar-refractivity contribution is 9.10. The highest BCUT2D eigenvalue weighted by Crippen LogP contribution is 2.34. The third kappa shape index (κ3) is 2.50. The van der Waals surface area contributed by atoms with Crippen molar-refractivity contribution in [3.05, 3.63) is 26.6 Å². The maximum atomic E-state index is 4.54. The van der Waals surface area contributed by atoms with Crippen LogP contribution in [0.3, 0.4) is 0 Å². The number of rotatable bonds is 3. The fraction of sp³-hybridized carbons (Fsp3) is 0.333. The van der Waals surface area contributed by atoms with Crippen LogP contribution in [-0.4, -0.2) is 16.5 Å². The van der Waals surface area contributed by atoms with Gasteiger partial charge in [0.25, 0.3) is 0 Å². The van der Waals surface area contributed by atoms with E-state index in [-0.39, 0.29) is 0 Å². The largest absolute Gasteiger partial charge is 0.370 e. The molecule has 0 saturated carbocycles. The molecule has 5 heteroatoms. The first-order chi connectivity index (χ1) is 8.13. The van der Waals surface area contributed by atoms with E-state index in [0.717, 1.165) is 39.5 Å². The Bertz CT molecular complexity index is 537. The molecule has 90 valence electrons. The van der Waals surface area contributed by atoms with Gasteiger partial charge < -0.3 is 5.32 Å². The van der Waals surface area contributed by atoms with Gasteiger partial charge in [0.15, 0.2) is 0 Å². The van der Waals surface area contributed by atoms with Crippen LogP contribution in [0.15, 0.2) is 15.2 Å². The minimum Gasteiger partial charge on any atom is -0.370 e. The predicted molar refractivity (Wildman–Crippen MR) is 76.7 cm³/mol. The van der Waals surface area contributed by atoms with E-state index < -0.39 is 0 Å². The second-order valence-corrected chi connectivity index (χ2v) is 5.35. The number of thiophene rings is 1. The van der Waals surface area contributed by atoms with Gasteiger partial charge in [0, 0.05) is 32.9 Å². The van der Waals surface area contributed by atoms with Crippen molar-refractivity contribution in [3.8, 4) is 11.3 Å². The summed E-state index contributed by atoms with van der Waals surface area (Å²) < 4.78 is 1.09. The Hall–Kier alpha value is -0.940. The minimum atomic E-state index is 0.791. The quantitative estimate of drug-likeness (QED) is 0.930. The number of hydrogen-bond donors (Lipinski definition) is 1. The molecule has 0 aliphatic carbocycles. The Morgan fingerprint density at radius 3 is 2.65 bits per heavy atom. The van der Waals surface area contributed by atoms with E-state index in [1.807, 2.05) is 6.92 Å². The lowest BCUT2D eigenvalue weighted by Crippen LogP contribution is -2.06. The van der Waals surface area contributed by atoms with Crippen molar-refractivity contribution in [2.75, 3.05) is 11.9 Å². The third-order valence-electron chi connectivity index (χ3n) is 2.47. The van der Waals surface area contributed by atoms with E-state index in [1.54, 1.807) is 11.3 Å². The van der Waals surface area contributed by atoms with E-state index in [0.29, 0.717) is 0 Å². The van der Waals surface area contributed by atoms with Gasteiger partial charge in [0.2, 0.25) is 0 Å². The van der Waals surface area contributed by atoms with Crippen molar-refractivity contribution in [3.63, 3.8) is 0 Å². The van der Waals surface area contributed by atoms with Gasteiger partial charge in [-0.05, 0) is 36.7 Å². The molecule has 0 aromatic carbocycles. The summed E-state index contributed by atoms with van der Waals surface area (Å²) in [4.78, 5) is 8.97. The molecule has 0 saturated heterocycles. The van der Waals surface area contributed by atoms with Crippen LogP contribution in [0.4, 0.5) is 5.82 Å². The van der Waals surface area contributed by atoms with Gasteiger partial charge in [-0.3, -0.25) is 0 Å². The molecule has 17 heavy (non-hydrogen) atoms. The van der Waals surface area contributed by atoms with Crippen molar-refractivity contribution in [2.24, 2.45) is 0 Å². The van der Waals surface area contributed by atoms with E-state index in [4.69, 9.17) is 0 Å².